The van der Waals surface area contributed by atoms with E-state index in [2.05, 4.69) is 0 Å². The molecule has 94 valence electrons. The molecule has 0 amide bonds. The second-order valence-electron chi connectivity index (χ2n) is 3.40. The summed E-state index contributed by atoms with van der Waals surface area (Å²) in [5.41, 5.74) is -3.99. The number of thioether (sulfide) groups is 1. The predicted octanol–water partition coefficient (Wildman–Crippen LogP) is 2.87. The van der Waals surface area contributed by atoms with E-state index in [-0.39, 0.29) is 24.0 Å². The molecule has 0 bridgehead atoms. The summed E-state index contributed by atoms with van der Waals surface area (Å²) in [5, 5.41) is 9.30. The first kappa shape index (κ1) is 14.1. The Morgan fingerprint density at radius 1 is 1.29 bits per heavy atom. The Labute approximate surface area is 101 Å². The van der Waals surface area contributed by atoms with E-state index in [1.165, 1.54) is 0 Å². The monoisotopic (exact) mass is 264 g/mol. The van der Waals surface area contributed by atoms with Crippen molar-refractivity contribution in [2.45, 2.75) is 18.0 Å². The fraction of sp³-hybridized carbons (Fsp3) is 0.364. The molecule has 0 aliphatic carbocycles. The van der Waals surface area contributed by atoms with Crippen LogP contribution in [0.5, 0.6) is 0 Å². The minimum Gasteiger partial charge on any atom is -0.392 e. The number of ketones is 1. The molecule has 0 radical (unpaired) electrons. The summed E-state index contributed by atoms with van der Waals surface area (Å²) in [4.78, 5) is 11.5. The molecule has 1 atom stereocenters. The van der Waals surface area contributed by atoms with Gasteiger partial charge in [-0.3, -0.25) is 4.79 Å². The fourth-order valence-electron chi connectivity index (χ4n) is 1.21. The molecule has 1 N–H and O–H groups in total. The quantitative estimate of drug-likeness (QED) is 0.831. The zero-order valence-corrected chi connectivity index (χ0v) is 9.59. The number of aliphatic hydroxyl groups is 1. The molecule has 2 nitrogen and oxygen atoms in total. The molecule has 1 aromatic rings. The number of Topliss-reactive ketones (excluding diaryl/α,β-unsaturated/α-hetero) is 1. The van der Waals surface area contributed by atoms with Crippen molar-refractivity contribution in [2.24, 2.45) is 0 Å². The van der Waals surface area contributed by atoms with Crippen molar-refractivity contribution in [3.63, 3.8) is 0 Å². The molecule has 0 aromatic heterocycles. The molecule has 0 saturated carbocycles. The number of carbonyl (C=O) groups is 1. The molecule has 1 aromatic carbocycles. The zero-order valence-electron chi connectivity index (χ0n) is 8.78. The Morgan fingerprint density at radius 3 is 2.41 bits per heavy atom. The van der Waals surface area contributed by atoms with Crippen molar-refractivity contribution in [2.75, 3.05) is 5.75 Å². The fourth-order valence-corrected chi connectivity index (χ4v) is 1.70. The molecule has 0 saturated heterocycles. The number of hydrogen-bond acceptors (Lipinski definition) is 3. The van der Waals surface area contributed by atoms with Crippen LogP contribution in [0.1, 0.15) is 16.8 Å². The minimum atomic E-state index is -4.38. The molecule has 0 fully saturated rings. The van der Waals surface area contributed by atoms with Crippen LogP contribution in [0.3, 0.4) is 0 Å². The van der Waals surface area contributed by atoms with Crippen LogP contribution in [0, 0.1) is 0 Å². The number of alkyl halides is 3. The van der Waals surface area contributed by atoms with Crippen LogP contribution in [0.15, 0.2) is 30.3 Å². The van der Waals surface area contributed by atoms with Crippen LogP contribution in [0.2, 0.25) is 0 Å². The molecule has 0 aliphatic rings. The largest absolute Gasteiger partial charge is 0.441 e. The van der Waals surface area contributed by atoms with Gasteiger partial charge in [0.15, 0.2) is 5.78 Å². The Bertz CT molecular complexity index is 365. The topological polar surface area (TPSA) is 37.3 Å². The zero-order chi connectivity index (χ0) is 12.9. The van der Waals surface area contributed by atoms with Crippen LogP contribution in [-0.2, 0) is 0 Å². The summed E-state index contributed by atoms with van der Waals surface area (Å²) in [7, 11) is 0. The molecule has 1 rings (SSSR count). The van der Waals surface area contributed by atoms with Crippen molar-refractivity contribution in [3.8, 4) is 0 Å². The molecular weight excluding hydrogens is 253 g/mol. The van der Waals surface area contributed by atoms with Crippen molar-refractivity contribution in [1.29, 1.82) is 0 Å². The number of hydrogen-bond donors (Lipinski definition) is 1. The SMILES string of the molecule is O=C(CC(O)CSC(F)(F)F)c1ccccc1. The number of halogens is 3. The summed E-state index contributed by atoms with van der Waals surface area (Å²) in [6.07, 6.45) is -1.58. The first-order valence-corrected chi connectivity index (χ1v) is 5.84. The molecule has 6 heteroatoms. The maximum absolute atomic E-state index is 11.8. The van der Waals surface area contributed by atoms with Gasteiger partial charge in [-0.2, -0.15) is 13.2 Å². The van der Waals surface area contributed by atoms with E-state index in [0.717, 1.165) is 0 Å². The highest BCUT2D eigenvalue weighted by Gasteiger charge is 2.29. The first-order valence-electron chi connectivity index (χ1n) is 4.85. The lowest BCUT2D eigenvalue weighted by Gasteiger charge is -2.11. The highest BCUT2D eigenvalue weighted by molar-refractivity contribution is 8.00. The number of benzene rings is 1. The van der Waals surface area contributed by atoms with Gasteiger partial charge in [0, 0.05) is 17.7 Å². The van der Waals surface area contributed by atoms with Crippen molar-refractivity contribution in [1.82, 2.24) is 0 Å². The van der Waals surface area contributed by atoms with E-state index in [9.17, 15) is 23.1 Å². The Balaban J connectivity index is 2.42. The predicted molar refractivity (Wildman–Crippen MR) is 59.9 cm³/mol. The van der Waals surface area contributed by atoms with Crippen molar-refractivity contribution >= 4 is 17.5 Å². The van der Waals surface area contributed by atoms with Gasteiger partial charge in [-0.05, 0) is 11.8 Å². The second kappa shape index (κ2) is 6.07. The number of rotatable bonds is 5. The smallest absolute Gasteiger partial charge is 0.392 e. The third kappa shape index (κ3) is 5.74. The van der Waals surface area contributed by atoms with Gasteiger partial charge in [-0.15, -0.1) is 0 Å². The van der Waals surface area contributed by atoms with E-state index >= 15 is 0 Å². The summed E-state index contributed by atoms with van der Waals surface area (Å²) in [5.74, 6) is -0.886. The van der Waals surface area contributed by atoms with E-state index in [0.29, 0.717) is 5.56 Å². The van der Waals surface area contributed by atoms with Gasteiger partial charge >= 0.3 is 5.51 Å². The Kier molecular flexibility index (Phi) is 5.02. The summed E-state index contributed by atoms with van der Waals surface area (Å²) in [6, 6.07) is 8.17. The van der Waals surface area contributed by atoms with Crippen LogP contribution >= 0.6 is 11.8 Å². The van der Waals surface area contributed by atoms with Crippen LogP contribution in [0.25, 0.3) is 0 Å². The first-order chi connectivity index (χ1) is 7.88. The van der Waals surface area contributed by atoms with Gasteiger partial charge in [0.1, 0.15) is 0 Å². The third-order valence-electron chi connectivity index (χ3n) is 1.96. The van der Waals surface area contributed by atoms with Crippen LogP contribution < -0.4 is 0 Å². The van der Waals surface area contributed by atoms with Gasteiger partial charge in [-0.1, -0.05) is 30.3 Å². The van der Waals surface area contributed by atoms with E-state index in [1.54, 1.807) is 30.3 Å². The lowest BCUT2D eigenvalue weighted by molar-refractivity contribution is -0.0334. The summed E-state index contributed by atoms with van der Waals surface area (Å²) < 4.78 is 35.5. The van der Waals surface area contributed by atoms with Gasteiger partial charge in [0.25, 0.3) is 0 Å². The number of carbonyl (C=O) groups excluding carboxylic acids is 1. The molecule has 0 spiro atoms. The van der Waals surface area contributed by atoms with Gasteiger partial charge in [-0.25, -0.2) is 0 Å². The molecular formula is C11H11F3O2S. The minimum absolute atomic E-state index is 0.299. The lowest BCUT2D eigenvalue weighted by Crippen LogP contribution is -2.18. The maximum Gasteiger partial charge on any atom is 0.441 e. The Morgan fingerprint density at radius 2 is 1.88 bits per heavy atom. The maximum atomic E-state index is 11.8. The van der Waals surface area contributed by atoms with E-state index < -0.39 is 17.4 Å². The third-order valence-corrected chi connectivity index (χ3v) is 2.83. The second-order valence-corrected chi connectivity index (χ2v) is 4.49. The van der Waals surface area contributed by atoms with Crippen LogP contribution in [-0.4, -0.2) is 28.3 Å². The summed E-state index contributed by atoms with van der Waals surface area (Å²) in [6.45, 7) is 0. The molecule has 1 unspecified atom stereocenters. The average Bonchev–Trinajstić information content (AvgIpc) is 2.27. The molecule has 17 heavy (non-hydrogen) atoms. The number of aliphatic hydroxyl groups excluding tert-OH is 1. The van der Waals surface area contributed by atoms with Crippen molar-refractivity contribution in [3.05, 3.63) is 35.9 Å². The highest BCUT2D eigenvalue weighted by Crippen LogP contribution is 2.30. The van der Waals surface area contributed by atoms with Gasteiger partial charge in [0.2, 0.25) is 0 Å². The summed E-state index contributed by atoms with van der Waals surface area (Å²) >= 11 is -0.323. The standard InChI is InChI=1S/C11H11F3O2S/c12-11(13,14)17-7-9(15)6-10(16)8-4-2-1-3-5-8/h1-5,9,15H,6-7H2. The van der Waals surface area contributed by atoms with Gasteiger partial charge in [0.05, 0.1) is 6.10 Å². The van der Waals surface area contributed by atoms with Crippen LogP contribution in [0.4, 0.5) is 13.2 Å². The normalized spacial score (nSPS) is 13.4. The lowest BCUT2D eigenvalue weighted by atomic mass is 10.1. The van der Waals surface area contributed by atoms with Gasteiger partial charge < -0.3 is 5.11 Å². The molecule has 0 aliphatic heterocycles. The average molecular weight is 264 g/mol. The van der Waals surface area contributed by atoms with E-state index in [1.807, 2.05) is 0 Å². The Hall–Kier alpha value is -1.01. The highest BCUT2D eigenvalue weighted by atomic mass is 32.2. The molecule has 0 heterocycles. The van der Waals surface area contributed by atoms with E-state index in [4.69, 9.17) is 0 Å². The van der Waals surface area contributed by atoms with Crippen molar-refractivity contribution < 1.29 is 23.1 Å².